The van der Waals surface area contributed by atoms with E-state index in [-0.39, 0.29) is 12.3 Å². The summed E-state index contributed by atoms with van der Waals surface area (Å²) in [5.74, 6) is -1.22. The number of carbonyl (C=O) groups is 2. The lowest BCUT2D eigenvalue weighted by Gasteiger charge is -2.16. The Morgan fingerprint density at radius 2 is 2.14 bits per heavy atom. The second-order valence-corrected chi connectivity index (χ2v) is 7.32. The summed E-state index contributed by atoms with van der Waals surface area (Å²) >= 11 is 6.85. The monoisotopic (exact) mass is 479 g/mol. The van der Waals surface area contributed by atoms with Gasteiger partial charge >= 0.3 is 5.97 Å². The number of hydrogen-bond acceptors (Lipinski definition) is 3. The number of rotatable bonds is 5. The van der Waals surface area contributed by atoms with Crippen LogP contribution in [-0.4, -0.2) is 17.0 Å². The predicted octanol–water partition coefficient (Wildman–Crippen LogP) is 4.06. The Balaban J connectivity index is 2.22. The van der Waals surface area contributed by atoms with Crippen molar-refractivity contribution >= 4 is 61.7 Å². The molecule has 2 aromatic rings. The number of carbonyl (C=O) groups excluding carboxylic acids is 1. The molecule has 2 N–H and O–H groups in total. The fourth-order valence-electron chi connectivity index (χ4n) is 1.79. The molecule has 0 aliphatic rings. The highest BCUT2D eigenvalue weighted by atomic mass is 127. The summed E-state index contributed by atoms with van der Waals surface area (Å²) in [4.78, 5) is 24.2. The lowest BCUT2D eigenvalue weighted by Crippen LogP contribution is -2.30. The maximum absolute atomic E-state index is 12.4. The molecule has 0 aliphatic heterocycles. The zero-order chi connectivity index (χ0) is 15.4. The van der Waals surface area contributed by atoms with Crippen LogP contribution < -0.4 is 5.32 Å². The van der Waals surface area contributed by atoms with Crippen LogP contribution in [0.1, 0.15) is 27.7 Å². The molecule has 0 aliphatic carbocycles. The van der Waals surface area contributed by atoms with Gasteiger partial charge in [0.1, 0.15) is 0 Å². The molecular weight excluding hydrogens is 469 g/mol. The average molecular weight is 480 g/mol. The van der Waals surface area contributed by atoms with Gasteiger partial charge in [-0.15, -0.1) is 11.3 Å². The molecule has 1 atom stereocenters. The van der Waals surface area contributed by atoms with E-state index in [0.29, 0.717) is 5.56 Å². The van der Waals surface area contributed by atoms with Crippen LogP contribution in [0.2, 0.25) is 0 Å². The van der Waals surface area contributed by atoms with E-state index in [1.54, 1.807) is 6.07 Å². The van der Waals surface area contributed by atoms with Crippen LogP contribution in [0.25, 0.3) is 0 Å². The minimum atomic E-state index is -0.947. The molecular formula is C14H11BrINO3S. The second-order valence-electron chi connectivity index (χ2n) is 4.26. The number of nitrogens with one attached hydrogen (secondary N) is 1. The number of hydrogen-bond donors (Lipinski definition) is 2. The van der Waals surface area contributed by atoms with Crippen molar-refractivity contribution in [3.05, 3.63) is 54.2 Å². The summed E-state index contributed by atoms with van der Waals surface area (Å²) in [5.41, 5.74) is 0.525. The van der Waals surface area contributed by atoms with Crippen molar-refractivity contribution in [2.45, 2.75) is 12.5 Å². The lowest BCUT2D eigenvalue weighted by molar-refractivity contribution is -0.137. The largest absolute Gasteiger partial charge is 0.481 e. The Morgan fingerprint density at radius 3 is 2.76 bits per heavy atom. The molecule has 110 valence electrons. The second kappa shape index (κ2) is 7.37. The summed E-state index contributed by atoms with van der Waals surface area (Å²) in [6.45, 7) is 0. The molecule has 1 aromatic carbocycles. The predicted molar refractivity (Wildman–Crippen MR) is 93.6 cm³/mol. The molecule has 21 heavy (non-hydrogen) atoms. The lowest BCUT2D eigenvalue weighted by atomic mass is 10.1. The maximum atomic E-state index is 12.4. The third-order valence-electron chi connectivity index (χ3n) is 2.74. The average Bonchev–Trinajstić information content (AvgIpc) is 2.94. The van der Waals surface area contributed by atoms with Crippen molar-refractivity contribution in [1.29, 1.82) is 0 Å². The van der Waals surface area contributed by atoms with Gasteiger partial charge in [-0.3, -0.25) is 9.59 Å². The van der Waals surface area contributed by atoms with E-state index >= 15 is 0 Å². The highest BCUT2D eigenvalue weighted by Crippen LogP contribution is 2.24. The Kier molecular flexibility index (Phi) is 5.77. The molecule has 1 heterocycles. The van der Waals surface area contributed by atoms with E-state index < -0.39 is 12.0 Å². The first-order valence-corrected chi connectivity index (χ1v) is 8.73. The van der Waals surface area contributed by atoms with E-state index in [0.717, 1.165) is 12.9 Å². The van der Waals surface area contributed by atoms with Gasteiger partial charge in [-0.2, -0.15) is 0 Å². The van der Waals surface area contributed by atoms with Crippen LogP contribution in [0.3, 0.4) is 0 Å². The van der Waals surface area contributed by atoms with Crippen LogP contribution in [0.4, 0.5) is 0 Å². The van der Waals surface area contributed by atoms with E-state index in [4.69, 9.17) is 5.11 Å². The molecule has 4 nitrogen and oxygen atoms in total. The van der Waals surface area contributed by atoms with Crippen molar-refractivity contribution in [3.8, 4) is 0 Å². The Labute approximate surface area is 147 Å². The molecule has 0 bridgehead atoms. The van der Waals surface area contributed by atoms with Gasteiger partial charge in [0.2, 0.25) is 0 Å². The first-order valence-electron chi connectivity index (χ1n) is 5.98. The molecule has 1 amide bonds. The molecule has 1 unspecified atom stereocenters. The van der Waals surface area contributed by atoms with Crippen molar-refractivity contribution < 1.29 is 14.7 Å². The molecule has 7 heteroatoms. The van der Waals surface area contributed by atoms with Gasteiger partial charge in [0, 0.05) is 12.9 Å². The first-order chi connectivity index (χ1) is 9.97. The fourth-order valence-corrected chi connectivity index (χ4v) is 3.51. The van der Waals surface area contributed by atoms with E-state index in [1.807, 2.05) is 29.6 Å². The zero-order valence-electron chi connectivity index (χ0n) is 10.7. The number of aliphatic carboxylic acids is 1. The summed E-state index contributed by atoms with van der Waals surface area (Å²) in [6, 6.07) is 8.55. The minimum absolute atomic E-state index is 0.142. The molecule has 0 saturated carbocycles. The quantitative estimate of drug-likeness (QED) is 0.635. The highest BCUT2D eigenvalue weighted by molar-refractivity contribution is 14.1. The fraction of sp³-hybridized carbons (Fsp3) is 0.143. The van der Waals surface area contributed by atoms with Crippen molar-refractivity contribution in [1.82, 2.24) is 5.32 Å². The smallest absolute Gasteiger partial charge is 0.305 e. The zero-order valence-corrected chi connectivity index (χ0v) is 15.2. The highest BCUT2D eigenvalue weighted by Gasteiger charge is 2.21. The molecule has 0 saturated heterocycles. The standard InChI is InChI=1S/C14H11BrINO3S/c15-8-3-4-10(16)9(6-8)14(20)17-11(7-13(18)19)12-2-1-5-21-12/h1-6,11H,7H2,(H,17,20)(H,18,19). The third kappa shape index (κ3) is 4.52. The number of carboxylic acids is 1. The Bertz CT molecular complexity index is 660. The normalized spacial score (nSPS) is 11.9. The molecule has 0 spiro atoms. The number of amides is 1. The van der Waals surface area contributed by atoms with Crippen LogP contribution in [0.15, 0.2) is 40.2 Å². The van der Waals surface area contributed by atoms with E-state index in [1.165, 1.54) is 11.3 Å². The van der Waals surface area contributed by atoms with Crippen LogP contribution in [0, 0.1) is 3.57 Å². The summed E-state index contributed by atoms with van der Waals surface area (Å²) in [7, 11) is 0. The van der Waals surface area contributed by atoms with Gasteiger partial charge in [0.15, 0.2) is 0 Å². The number of halogens is 2. The van der Waals surface area contributed by atoms with E-state index in [9.17, 15) is 9.59 Å². The van der Waals surface area contributed by atoms with Gasteiger partial charge in [-0.05, 0) is 52.2 Å². The number of benzene rings is 1. The Hall–Kier alpha value is -0.930. The van der Waals surface area contributed by atoms with Gasteiger partial charge in [-0.1, -0.05) is 22.0 Å². The van der Waals surface area contributed by atoms with Crippen LogP contribution in [0.5, 0.6) is 0 Å². The first kappa shape index (κ1) is 16.4. The van der Waals surface area contributed by atoms with Crippen LogP contribution >= 0.6 is 49.9 Å². The van der Waals surface area contributed by atoms with Gasteiger partial charge in [0.05, 0.1) is 18.0 Å². The van der Waals surface area contributed by atoms with Crippen LogP contribution in [-0.2, 0) is 4.79 Å². The number of thiophene rings is 1. The minimum Gasteiger partial charge on any atom is -0.481 e. The molecule has 0 fully saturated rings. The Morgan fingerprint density at radius 1 is 1.38 bits per heavy atom. The van der Waals surface area contributed by atoms with Crippen molar-refractivity contribution in [2.24, 2.45) is 0 Å². The van der Waals surface area contributed by atoms with Crippen molar-refractivity contribution in [2.75, 3.05) is 0 Å². The summed E-state index contributed by atoms with van der Waals surface area (Å²) in [6.07, 6.45) is -0.142. The molecule has 2 rings (SSSR count). The SMILES string of the molecule is O=C(O)CC(NC(=O)c1cc(Br)ccc1I)c1cccs1. The van der Waals surface area contributed by atoms with Gasteiger partial charge in [0.25, 0.3) is 5.91 Å². The van der Waals surface area contributed by atoms with E-state index in [2.05, 4.69) is 43.8 Å². The molecule has 0 radical (unpaired) electrons. The number of carboxylic acid groups (broad SMARTS) is 1. The summed E-state index contributed by atoms with van der Waals surface area (Å²) in [5, 5.41) is 13.7. The summed E-state index contributed by atoms with van der Waals surface area (Å²) < 4.78 is 1.62. The third-order valence-corrected chi connectivity index (χ3v) is 5.16. The van der Waals surface area contributed by atoms with Gasteiger partial charge < -0.3 is 10.4 Å². The van der Waals surface area contributed by atoms with Gasteiger partial charge in [-0.25, -0.2) is 0 Å². The van der Waals surface area contributed by atoms with Crippen molar-refractivity contribution in [3.63, 3.8) is 0 Å². The molecule has 1 aromatic heterocycles. The topological polar surface area (TPSA) is 66.4 Å². The maximum Gasteiger partial charge on any atom is 0.305 e.